The van der Waals surface area contributed by atoms with Crippen LogP contribution in [0.5, 0.6) is 5.75 Å². The Morgan fingerprint density at radius 1 is 1.24 bits per heavy atom. The molecule has 9 heteroatoms. The molecule has 38 heavy (non-hydrogen) atoms. The van der Waals surface area contributed by atoms with E-state index in [0.29, 0.717) is 35.8 Å². The summed E-state index contributed by atoms with van der Waals surface area (Å²) in [4.78, 5) is 30.7. The molecule has 0 fully saturated rings. The Labute approximate surface area is 224 Å². The predicted octanol–water partition coefficient (Wildman–Crippen LogP) is 3.33. The van der Waals surface area contributed by atoms with Gasteiger partial charge in [0.15, 0.2) is 5.75 Å². The number of ether oxygens (including phenoxy) is 1. The average Bonchev–Trinajstić information content (AvgIpc) is 3.24. The third kappa shape index (κ3) is 6.06. The number of hydrogen-bond donors (Lipinski definition) is 2. The van der Waals surface area contributed by atoms with E-state index in [1.54, 1.807) is 36.2 Å². The van der Waals surface area contributed by atoms with Crippen molar-refractivity contribution < 1.29 is 19.4 Å². The van der Waals surface area contributed by atoms with Crippen LogP contribution in [0.1, 0.15) is 46.0 Å². The van der Waals surface area contributed by atoms with Crippen molar-refractivity contribution >= 4 is 17.5 Å². The lowest BCUT2D eigenvalue weighted by Crippen LogP contribution is -2.49. The maximum Gasteiger partial charge on any atom is 0.274 e. The van der Waals surface area contributed by atoms with E-state index in [1.807, 2.05) is 39.1 Å². The highest BCUT2D eigenvalue weighted by atomic mass is 16.5. The van der Waals surface area contributed by atoms with Crippen LogP contribution in [0.25, 0.3) is 0 Å². The molecule has 4 rings (SSSR count). The van der Waals surface area contributed by atoms with Gasteiger partial charge in [-0.15, -0.1) is 0 Å². The van der Waals surface area contributed by atoms with Crippen molar-refractivity contribution in [3.8, 4) is 5.75 Å². The largest absolute Gasteiger partial charge is 0.486 e. The van der Waals surface area contributed by atoms with E-state index in [-0.39, 0.29) is 36.5 Å². The summed E-state index contributed by atoms with van der Waals surface area (Å²) in [7, 11) is 3.76. The highest BCUT2D eigenvalue weighted by Gasteiger charge is 2.34. The number of aliphatic hydroxyl groups excluding tert-OH is 1. The number of anilines is 1. The number of benzene rings is 2. The van der Waals surface area contributed by atoms with Crippen LogP contribution in [-0.4, -0.2) is 75.4 Å². The van der Waals surface area contributed by atoms with Gasteiger partial charge in [0.2, 0.25) is 0 Å². The number of aromatic nitrogens is 2. The molecular weight excluding hydrogens is 482 g/mol. The SMILES string of the molecule is Cc1cc(C(=O)Nc2cccc3c2O[C@@H](CN(C)Cc2ccccc2)[C@H](C)CN([C@@H](C)CO)C3=O)n(C)n1. The Bertz CT molecular complexity index is 1280. The molecular formula is C29H37N5O4. The molecule has 0 unspecified atom stereocenters. The second kappa shape index (κ2) is 11.8. The number of rotatable bonds is 8. The van der Waals surface area contributed by atoms with Crippen LogP contribution in [0.15, 0.2) is 54.6 Å². The third-order valence-electron chi connectivity index (χ3n) is 6.96. The van der Waals surface area contributed by atoms with Crippen LogP contribution in [0, 0.1) is 12.8 Å². The minimum Gasteiger partial charge on any atom is -0.486 e. The third-order valence-corrected chi connectivity index (χ3v) is 6.96. The van der Waals surface area contributed by atoms with Crippen LogP contribution < -0.4 is 10.1 Å². The summed E-state index contributed by atoms with van der Waals surface area (Å²) in [5.74, 6) is -0.282. The zero-order valence-corrected chi connectivity index (χ0v) is 22.7. The van der Waals surface area contributed by atoms with Gasteiger partial charge < -0.3 is 20.1 Å². The second-order valence-corrected chi connectivity index (χ2v) is 10.2. The van der Waals surface area contributed by atoms with Crippen molar-refractivity contribution in [1.82, 2.24) is 19.6 Å². The van der Waals surface area contributed by atoms with Gasteiger partial charge in [-0.1, -0.05) is 43.3 Å². The predicted molar refractivity (Wildman–Crippen MR) is 146 cm³/mol. The van der Waals surface area contributed by atoms with Gasteiger partial charge in [-0.2, -0.15) is 5.10 Å². The van der Waals surface area contributed by atoms with Crippen molar-refractivity contribution in [3.05, 3.63) is 77.1 Å². The van der Waals surface area contributed by atoms with Crippen LogP contribution in [0.3, 0.4) is 0 Å². The molecule has 2 amide bonds. The molecule has 1 aromatic heterocycles. The lowest BCUT2D eigenvalue weighted by atomic mass is 9.98. The van der Waals surface area contributed by atoms with Crippen molar-refractivity contribution in [1.29, 1.82) is 0 Å². The first-order valence-electron chi connectivity index (χ1n) is 12.9. The van der Waals surface area contributed by atoms with Gasteiger partial charge in [0.1, 0.15) is 11.8 Å². The van der Waals surface area contributed by atoms with Gasteiger partial charge in [0.05, 0.1) is 29.6 Å². The Morgan fingerprint density at radius 2 is 1.97 bits per heavy atom. The molecule has 2 heterocycles. The molecule has 9 nitrogen and oxygen atoms in total. The Kier molecular flexibility index (Phi) is 8.48. The number of carbonyl (C=O) groups is 2. The molecule has 0 bridgehead atoms. The van der Waals surface area contributed by atoms with E-state index in [9.17, 15) is 14.7 Å². The molecule has 2 N–H and O–H groups in total. The minimum atomic E-state index is -0.366. The second-order valence-electron chi connectivity index (χ2n) is 10.2. The first-order chi connectivity index (χ1) is 18.2. The van der Waals surface area contributed by atoms with Crippen LogP contribution in [0.4, 0.5) is 5.69 Å². The summed E-state index contributed by atoms with van der Waals surface area (Å²) in [6.45, 7) is 7.35. The molecule has 2 aromatic carbocycles. The van der Waals surface area contributed by atoms with Gasteiger partial charge in [-0.25, -0.2) is 0 Å². The van der Waals surface area contributed by atoms with E-state index in [0.717, 1.165) is 12.2 Å². The first-order valence-corrected chi connectivity index (χ1v) is 12.9. The Morgan fingerprint density at radius 3 is 2.63 bits per heavy atom. The Balaban J connectivity index is 1.68. The lowest BCUT2D eigenvalue weighted by Gasteiger charge is -2.38. The number of aliphatic hydroxyl groups is 1. The summed E-state index contributed by atoms with van der Waals surface area (Å²) in [5.41, 5.74) is 3.10. The van der Waals surface area contributed by atoms with Crippen LogP contribution in [-0.2, 0) is 13.6 Å². The fraction of sp³-hybridized carbons (Fsp3) is 0.414. The number of likely N-dealkylation sites (N-methyl/N-ethyl adjacent to an activating group) is 1. The number of hydrogen-bond acceptors (Lipinski definition) is 6. The highest BCUT2D eigenvalue weighted by molar-refractivity contribution is 6.06. The summed E-state index contributed by atoms with van der Waals surface area (Å²) in [6, 6.07) is 16.7. The zero-order chi connectivity index (χ0) is 27.4. The molecule has 0 saturated heterocycles. The van der Waals surface area contributed by atoms with E-state index < -0.39 is 0 Å². The summed E-state index contributed by atoms with van der Waals surface area (Å²) < 4.78 is 8.13. The van der Waals surface area contributed by atoms with Crippen LogP contribution >= 0.6 is 0 Å². The van der Waals surface area contributed by atoms with Crippen molar-refractivity contribution in [3.63, 3.8) is 0 Å². The van der Waals surface area contributed by atoms with Crippen molar-refractivity contribution in [2.45, 2.75) is 39.5 Å². The van der Waals surface area contributed by atoms with Gasteiger partial charge in [0.25, 0.3) is 11.8 Å². The maximum absolute atomic E-state index is 13.7. The quantitative estimate of drug-likeness (QED) is 0.474. The molecule has 202 valence electrons. The monoisotopic (exact) mass is 519 g/mol. The number of para-hydroxylation sites is 1. The molecule has 0 radical (unpaired) electrons. The lowest BCUT2D eigenvalue weighted by molar-refractivity contribution is 0.0343. The van der Waals surface area contributed by atoms with Gasteiger partial charge >= 0.3 is 0 Å². The number of nitrogens with one attached hydrogen (secondary N) is 1. The number of fused-ring (bicyclic) bond motifs is 1. The van der Waals surface area contributed by atoms with Crippen molar-refractivity contribution in [2.24, 2.45) is 13.0 Å². The van der Waals surface area contributed by atoms with E-state index >= 15 is 0 Å². The number of nitrogens with zero attached hydrogens (tertiary/aromatic N) is 4. The number of aryl methyl sites for hydroxylation is 2. The van der Waals surface area contributed by atoms with Crippen molar-refractivity contribution in [2.75, 3.05) is 32.1 Å². The zero-order valence-electron chi connectivity index (χ0n) is 22.7. The topological polar surface area (TPSA) is 99.9 Å². The molecule has 0 aliphatic carbocycles. The molecule has 3 aromatic rings. The minimum absolute atomic E-state index is 0.0391. The summed E-state index contributed by atoms with van der Waals surface area (Å²) in [5, 5.41) is 17.1. The maximum atomic E-state index is 13.7. The standard InChI is InChI=1S/C29H37N5O4/c1-19-15-34(21(3)18-35)29(37)23-12-9-13-24(30-28(36)25-14-20(2)31-33(25)5)27(23)38-26(19)17-32(4)16-22-10-7-6-8-11-22/h6-14,19,21,26,35H,15-18H2,1-5H3,(H,30,36)/t19-,21+,26+/m1/s1. The molecule has 3 atom stereocenters. The molecule has 0 saturated carbocycles. The first kappa shape index (κ1) is 27.3. The number of carbonyl (C=O) groups excluding carboxylic acids is 2. The summed E-state index contributed by atoms with van der Waals surface area (Å²) in [6.07, 6.45) is -0.277. The fourth-order valence-electron chi connectivity index (χ4n) is 4.84. The normalized spacial score (nSPS) is 18.4. The van der Waals surface area contributed by atoms with Gasteiger partial charge in [0, 0.05) is 32.6 Å². The molecule has 1 aliphatic rings. The molecule has 0 spiro atoms. The highest BCUT2D eigenvalue weighted by Crippen LogP contribution is 2.35. The number of amides is 2. The van der Waals surface area contributed by atoms with Crippen LogP contribution in [0.2, 0.25) is 0 Å². The van der Waals surface area contributed by atoms with Gasteiger partial charge in [-0.05, 0) is 44.7 Å². The van der Waals surface area contributed by atoms with Gasteiger partial charge in [-0.3, -0.25) is 19.2 Å². The average molecular weight is 520 g/mol. The Hall–Kier alpha value is -3.69. The smallest absolute Gasteiger partial charge is 0.274 e. The summed E-state index contributed by atoms with van der Waals surface area (Å²) >= 11 is 0. The fourth-order valence-corrected chi connectivity index (χ4v) is 4.84. The van der Waals surface area contributed by atoms with E-state index in [4.69, 9.17) is 4.74 Å². The van der Waals surface area contributed by atoms with E-state index in [1.165, 1.54) is 10.2 Å². The van der Waals surface area contributed by atoms with E-state index in [2.05, 4.69) is 34.4 Å². The molecule has 1 aliphatic heterocycles.